The molecule has 0 bridgehead atoms. The molecule has 3 heterocycles. The van der Waals surface area contributed by atoms with E-state index in [2.05, 4.69) is 29.1 Å². The van der Waals surface area contributed by atoms with Gasteiger partial charge in [-0.1, -0.05) is 55.5 Å². The summed E-state index contributed by atoms with van der Waals surface area (Å²) >= 11 is 2.89. The number of thiazole rings is 2. The number of carbonyl (C=O) groups is 1. The van der Waals surface area contributed by atoms with E-state index in [4.69, 9.17) is 4.98 Å². The topological polar surface area (TPSA) is 72.7 Å². The second-order valence-corrected chi connectivity index (χ2v) is 9.58. The lowest BCUT2D eigenvalue weighted by atomic mass is 10.1. The Labute approximate surface area is 183 Å². The van der Waals surface area contributed by atoms with E-state index >= 15 is 0 Å². The standard InChI is InChI=1S/C22H23N5OS2/c1-13(2)12-16-24-14(3)18(29-16)21(28)26-22-25-17(15-8-6-5-7-9-15)19(30-22)20-23-10-11-27(20)4/h5-11,13H,12H2,1-4H3,(H,25,26,28). The highest BCUT2D eigenvalue weighted by Crippen LogP contribution is 2.38. The van der Waals surface area contributed by atoms with E-state index in [-0.39, 0.29) is 5.91 Å². The van der Waals surface area contributed by atoms with Crippen molar-refractivity contribution in [3.63, 3.8) is 0 Å². The Morgan fingerprint density at radius 1 is 1.17 bits per heavy atom. The molecule has 4 aromatic rings. The van der Waals surface area contributed by atoms with Gasteiger partial charge in [0, 0.05) is 31.4 Å². The smallest absolute Gasteiger partial charge is 0.269 e. The number of hydrogen-bond donors (Lipinski definition) is 1. The fraction of sp³-hybridized carbons (Fsp3) is 0.273. The molecular formula is C22H23N5OS2. The summed E-state index contributed by atoms with van der Waals surface area (Å²) in [4.78, 5) is 28.3. The summed E-state index contributed by atoms with van der Waals surface area (Å²) in [7, 11) is 1.95. The largest absolute Gasteiger partial charge is 0.333 e. The van der Waals surface area contributed by atoms with E-state index in [0.717, 1.165) is 39.1 Å². The monoisotopic (exact) mass is 437 g/mol. The van der Waals surface area contributed by atoms with Crippen LogP contribution in [0.5, 0.6) is 0 Å². The van der Waals surface area contributed by atoms with Gasteiger partial charge < -0.3 is 4.57 Å². The summed E-state index contributed by atoms with van der Waals surface area (Å²) in [6, 6.07) is 9.95. The maximum atomic E-state index is 12.9. The highest BCUT2D eigenvalue weighted by Gasteiger charge is 2.21. The van der Waals surface area contributed by atoms with Gasteiger partial charge in [0.25, 0.3) is 5.91 Å². The van der Waals surface area contributed by atoms with E-state index in [1.165, 1.54) is 22.7 Å². The zero-order valence-corrected chi connectivity index (χ0v) is 19.0. The first-order valence-corrected chi connectivity index (χ1v) is 11.4. The van der Waals surface area contributed by atoms with Crippen LogP contribution in [0.2, 0.25) is 0 Å². The fourth-order valence-corrected chi connectivity index (χ4v) is 5.35. The summed E-state index contributed by atoms with van der Waals surface area (Å²) in [5, 5.41) is 4.52. The first kappa shape index (κ1) is 20.4. The van der Waals surface area contributed by atoms with Gasteiger partial charge in [-0.2, -0.15) is 0 Å². The Hall–Kier alpha value is -2.84. The molecular weight excluding hydrogens is 414 g/mol. The summed E-state index contributed by atoms with van der Waals surface area (Å²) in [6.45, 7) is 6.18. The number of imidazole rings is 1. The van der Waals surface area contributed by atoms with Gasteiger partial charge in [0.15, 0.2) is 11.0 Å². The SMILES string of the molecule is Cc1nc(CC(C)C)sc1C(=O)Nc1nc(-c2ccccc2)c(-c2nccn2C)s1. The Morgan fingerprint density at radius 3 is 2.60 bits per heavy atom. The lowest BCUT2D eigenvalue weighted by Gasteiger charge is -2.02. The second kappa shape index (κ2) is 8.49. The molecule has 0 radical (unpaired) electrons. The average molecular weight is 438 g/mol. The molecule has 1 aromatic carbocycles. The van der Waals surface area contributed by atoms with E-state index in [1.807, 2.05) is 55.1 Å². The molecule has 3 aromatic heterocycles. The first-order chi connectivity index (χ1) is 14.4. The van der Waals surface area contributed by atoms with Crippen molar-refractivity contribution in [2.45, 2.75) is 27.2 Å². The van der Waals surface area contributed by atoms with Crippen LogP contribution < -0.4 is 5.32 Å². The predicted molar refractivity (Wildman–Crippen MR) is 123 cm³/mol. The van der Waals surface area contributed by atoms with Crippen LogP contribution in [0, 0.1) is 12.8 Å². The first-order valence-electron chi connectivity index (χ1n) is 9.74. The van der Waals surface area contributed by atoms with Crippen molar-refractivity contribution >= 4 is 33.7 Å². The number of aromatic nitrogens is 4. The van der Waals surface area contributed by atoms with Gasteiger partial charge in [0.2, 0.25) is 0 Å². The van der Waals surface area contributed by atoms with Crippen LogP contribution in [0.3, 0.4) is 0 Å². The highest BCUT2D eigenvalue weighted by molar-refractivity contribution is 7.19. The molecule has 0 saturated carbocycles. The molecule has 8 heteroatoms. The van der Waals surface area contributed by atoms with Crippen molar-refractivity contribution in [1.29, 1.82) is 0 Å². The third-order valence-corrected chi connectivity index (χ3v) is 6.69. The maximum Gasteiger partial charge on any atom is 0.269 e. The highest BCUT2D eigenvalue weighted by atomic mass is 32.1. The van der Waals surface area contributed by atoms with E-state index < -0.39 is 0 Å². The molecule has 154 valence electrons. The quantitative estimate of drug-likeness (QED) is 0.437. The summed E-state index contributed by atoms with van der Waals surface area (Å²) in [5.74, 6) is 1.15. The van der Waals surface area contributed by atoms with Crippen molar-refractivity contribution in [2.75, 3.05) is 5.32 Å². The van der Waals surface area contributed by atoms with Gasteiger partial charge in [-0.15, -0.1) is 11.3 Å². The molecule has 1 amide bonds. The molecule has 6 nitrogen and oxygen atoms in total. The van der Waals surface area contributed by atoms with E-state index in [0.29, 0.717) is 15.9 Å². The van der Waals surface area contributed by atoms with Crippen LogP contribution >= 0.6 is 22.7 Å². The molecule has 0 spiro atoms. The van der Waals surface area contributed by atoms with Crippen LogP contribution in [-0.4, -0.2) is 25.4 Å². The van der Waals surface area contributed by atoms with Crippen LogP contribution in [0.15, 0.2) is 42.7 Å². The number of rotatable bonds is 6. The van der Waals surface area contributed by atoms with Crippen LogP contribution in [0.4, 0.5) is 5.13 Å². The Morgan fingerprint density at radius 2 is 1.93 bits per heavy atom. The van der Waals surface area contributed by atoms with Gasteiger partial charge in [0.05, 0.1) is 21.3 Å². The minimum atomic E-state index is -0.167. The maximum absolute atomic E-state index is 12.9. The molecule has 4 rings (SSSR count). The number of amides is 1. The molecule has 0 saturated heterocycles. The van der Waals surface area contributed by atoms with Crippen molar-refractivity contribution in [2.24, 2.45) is 13.0 Å². The molecule has 0 aliphatic rings. The zero-order chi connectivity index (χ0) is 21.3. The summed E-state index contributed by atoms with van der Waals surface area (Å²) in [5.41, 5.74) is 2.56. The minimum absolute atomic E-state index is 0.167. The van der Waals surface area contributed by atoms with Gasteiger partial charge in [-0.05, 0) is 12.8 Å². The number of nitrogens with zero attached hydrogens (tertiary/aromatic N) is 4. The van der Waals surface area contributed by atoms with Crippen molar-refractivity contribution < 1.29 is 4.79 Å². The summed E-state index contributed by atoms with van der Waals surface area (Å²) < 4.78 is 1.96. The third kappa shape index (κ3) is 4.20. The molecule has 0 aliphatic carbocycles. The van der Waals surface area contributed by atoms with E-state index in [1.54, 1.807) is 6.20 Å². The fourth-order valence-electron chi connectivity index (χ4n) is 3.15. The Balaban J connectivity index is 1.67. The van der Waals surface area contributed by atoms with Crippen LogP contribution in [0.25, 0.3) is 22.0 Å². The molecule has 0 fully saturated rings. The molecule has 0 aliphatic heterocycles. The number of anilines is 1. The number of benzene rings is 1. The zero-order valence-electron chi connectivity index (χ0n) is 17.3. The van der Waals surface area contributed by atoms with Gasteiger partial charge in [0.1, 0.15) is 4.88 Å². The van der Waals surface area contributed by atoms with Crippen LogP contribution in [-0.2, 0) is 13.5 Å². The van der Waals surface area contributed by atoms with Gasteiger partial charge in [-0.3, -0.25) is 10.1 Å². The lowest BCUT2D eigenvalue weighted by Crippen LogP contribution is -2.11. The second-order valence-electron chi connectivity index (χ2n) is 7.50. The molecule has 0 atom stereocenters. The summed E-state index contributed by atoms with van der Waals surface area (Å²) in [6.07, 6.45) is 4.54. The number of aryl methyl sites for hydroxylation is 2. The Bertz CT molecular complexity index is 1170. The third-order valence-electron chi connectivity index (χ3n) is 4.55. The van der Waals surface area contributed by atoms with Crippen molar-refractivity contribution in [1.82, 2.24) is 19.5 Å². The lowest BCUT2D eigenvalue weighted by molar-refractivity contribution is 0.103. The number of hydrogen-bond acceptors (Lipinski definition) is 6. The number of nitrogens with one attached hydrogen (secondary N) is 1. The predicted octanol–water partition coefficient (Wildman–Crippen LogP) is 5.43. The Kier molecular flexibility index (Phi) is 5.78. The normalized spacial score (nSPS) is 11.2. The van der Waals surface area contributed by atoms with E-state index in [9.17, 15) is 4.79 Å². The van der Waals surface area contributed by atoms with Crippen LogP contribution in [0.1, 0.15) is 34.2 Å². The molecule has 0 unspecified atom stereocenters. The molecule has 1 N–H and O–H groups in total. The average Bonchev–Trinajstić information content (AvgIpc) is 3.40. The number of carbonyl (C=O) groups excluding carboxylic acids is 1. The molecule has 30 heavy (non-hydrogen) atoms. The van der Waals surface area contributed by atoms with Gasteiger partial charge in [-0.25, -0.2) is 15.0 Å². The minimum Gasteiger partial charge on any atom is -0.333 e. The van der Waals surface area contributed by atoms with Gasteiger partial charge >= 0.3 is 0 Å². The van der Waals surface area contributed by atoms with Crippen molar-refractivity contribution in [3.8, 4) is 22.0 Å². The van der Waals surface area contributed by atoms with Crippen molar-refractivity contribution in [3.05, 3.63) is 58.3 Å².